The first-order valence-corrected chi connectivity index (χ1v) is 12.5. The lowest BCUT2D eigenvalue weighted by Crippen LogP contribution is -2.31. The Hall–Kier alpha value is -3.09. The summed E-state index contributed by atoms with van der Waals surface area (Å²) in [7, 11) is 0. The number of aryl methyl sites for hydroxylation is 1. The number of carbonyl (C=O) groups is 2. The van der Waals surface area contributed by atoms with E-state index < -0.39 is 17.7 Å². The summed E-state index contributed by atoms with van der Waals surface area (Å²) >= 11 is 7.46. The molecule has 1 saturated heterocycles. The van der Waals surface area contributed by atoms with Crippen LogP contribution in [0, 0.1) is 6.92 Å². The van der Waals surface area contributed by atoms with Gasteiger partial charge in [0.05, 0.1) is 18.2 Å². The third kappa shape index (κ3) is 4.88. The van der Waals surface area contributed by atoms with E-state index in [0.717, 1.165) is 22.4 Å². The minimum Gasteiger partial charge on any atom is -0.507 e. The van der Waals surface area contributed by atoms with Crippen LogP contribution in [0.4, 0.5) is 0 Å². The van der Waals surface area contributed by atoms with Crippen LogP contribution in [0.3, 0.4) is 0 Å². The molecule has 5 nitrogen and oxygen atoms in total. The van der Waals surface area contributed by atoms with Gasteiger partial charge in [0.15, 0.2) is 0 Å². The molecule has 1 N–H and O–H groups in total. The fourth-order valence-electron chi connectivity index (χ4n) is 4.03. The number of carbonyl (C=O) groups excluding carboxylic acids is 2. The summed E-state index contributed by atoms with van der Waals surface area (Å²) in [4.78, 5) is 28.7. The number of nitrogens with zero attached hydrogens (tertiary/aromatic N) is 1. The van der Waals surface area contributed by atoms with E-state index >= 15 is 0 Å². The van der Waals surface area contributed by atoms with Gasteiger partial charge in [-0.25, -0.2) is 0 Å². The summed E-state index contributed by atoms with van der Waals surface area (Å²) in [6.45, 7) is 4.92. The molecule has 2 heterocycles. The Labute approximate surface area is 208 Å². The monoisotopic (exact) mass is 495 g/mol. The maximum atomic E-state index is 13.2. The van der Waals surface area contributed by atoms with Crippen LogP contribution >= 0.6 is 22.9 Å². The van der Waals surface area contributed by atoms with E-state index in [4.69, 9.17) is 16.3 Å². The number of benzene rings is 2. The smallest absolute Gasteiger partial charge is 0.295 e. The number of thiophene rings is 1. The molecule has 0 spiro atoms. The zero-order chi connectivity index (χ0) is 24.2. The molecule has 4 rings (SSSR count). The fourth-order valence-corrected chi connectivity index (χ4v) is 5.21. The van der Waals surface area contributed by atoms with Crippen molar-refractivity contribution in [1.82, 2.24) is 4.90 Å². The van der Waals surface area contributed by atoms with Crippen molar-refractivity contribution in [2.24, 2.45) is 0 Å². The van der Waals surface area contributed by atoms with Crippen molar-refractivity contribution in [1.29, 1.82) is 0 Å². The number of ketones is 1. The Bertz CT molecular complexity index is 1210. The van der Waals surface area contributed by atoms with Gasteiger partial charge in [0, 0.05) is 22.0 Å². The lowest BCUT2D eigenvalue weighted by atomic mass is 9.98. The molecule has 2 aromatic carbocycles. The topological polar surface area (TPSA) is 66.8 Å². The Morgan fingerprint density at radius 2 is 1.79 bits per heavy atom. The van der Waals surface area contributed by atoms with Crippen LogP contribution in [0.15, 0.2) is 65.6 Å². The highest BCUT2D eigenvalue weighted by Crippen LogP contribution is 2.42. The number of hydrogen-bond donors (Lipinski definition) is 1. The molecule has 1 aromatic heterocycles. The summed E-state index contributed by atoms with van der Waals surface area (Å²) in [5, 5.41) is 13.8. The molecule has 0 radical (unpaired) electrons. The maximum absolute atomic E-state index is 13.2. The van der Waals surface area contributed by atoms with E-state index in [1.807, 2.05) is 37.4 Å². The molecule has 0 saturated carbocycles. The van der Waals surface area contributed by atoms with Crippen molar-refractivity contribution in [2.75, 3.05) is 13.2 Å². The molecule has 1 unspecified atom stereocenters. The second-order valence-electron chi connectivity index (χ2n) is 8.21. The number of ether oxygens (including phenoxy) is 1. The standard InChI is InChI=1S/C27H26ClNO4S/c1-3-15-33-21-10-6-19(7-11-21)24(30)22-23(26-17(2)13-16-34-26)29(27(32)25(22)31)14-12-18-4-8-20(28)9-5-18/h4-11,13,16,23,30H,3,12,14-15H2,1-2H3/b24-22-. The van der Waals surface area contributed by atoms with Crippen LogP contribution in [-0.2, 0) is 16.0 Å². The maximum Gasteiger partial charge on any atom is 0.295 e. The first kappa shape index (κ1) is 24.0. The minimum atomic E-state index is -0.669. The number of amides is 1. The van der Waals surface area contributed by atoms with E-state index in [1.165, 1.54) is 11.3 Å². The van der Waals surface area contributed by atoms with Gasteiger partial charge in [-0.05, 0) is 78.7 Å². The predicted octanol–water partition coefficient (Wildman–Crippen LogP) is 6.16. The summed E-state index contributed by atoms with van der Waals surface area (Å²) in [6, 6.07) is 15.7. The molecule has 1 aliphatic rings. The zero-order valence-electron chi connectivity index (χ0n) is 19.1. The van der Waals surface area contributed by atoms with Crippen molar-refractivity contribution >= 4 is 40.4 Å². The zero-order valence-corrected chi connectivity index (χ0v) is 20.7. The molecule has 3 aromatic rings. The quantitative estimate of drug-likeness (QED) is 0.231. The normalized spacial score (nSPS) is 17.4. The van der Waals surface area contributed by atoms with Crippen molar-refractivity contribution in [3.8, 4) is 5.75 Å². The van der Waals surface area contributed by atoms with Gasteiger partial charge in [0.25, 0.3) is 11.7 Å². The molecular weight excluding hydrogens is 470 g/mol. The third-order valence-electron chi connectivity index (χ3n) is 5.85. The lowest BCUT2D eigenvalue weighted by Gasteiger charge is -2.25. The van der Waals surface area contributed by atoms with E-state index in [2.05, 4.69) is 0 Å². The van der Waals surface area contributed by atoms with Crippen molar-refractivity contribution in [2.45, 2.75) is 32.7 Å². The van der Waals surface area contributed by atoms with Crippen LogP contribution in [0.1, 0.15) is 41.0 Å². The van der Waals surface area contributed by atoms with Crippen molar-refractivity contribution in [3.63, 3.8) is 0 Å². The van der Waals surface area contributed by atoms with Crippen LogP contribution in [0.5, 0.6) is 5.75 Å². The highest BCUT2D eigenvalue weighted by molar-refractivity contribution is 7.10. The van der Waals surface area contributed by atoms with Crippen molar-refractivity contribution < 1.29 is 19.4 Å². The Morgan fingerprint density at radius 1 is 1.09 bits per heavy atom. The number of rotatable bonds is 8. The SMILES string of the molecule is CCCOc1ccc(/C(O)=C2/C(=O)C(=O)N(CCc3ccc(Cl)cc3)C2c2sccc2C)cc1. The van der Waals surface area contributed by atoms with E-state index in [-0.39, 0.29) is 11.3 Å². The molecule has 1 amide bonds. The number of halogens is 1. The van der Waals surface area contributed by atoms with Gasteiger partial charge in [0.2, 0.25) is 0 Å². The highest BCUT2D eigenvalue weighted by atomic mass is 35.5. The van der Waals surface area contributed by atoms with Crippen LogP contribution in [0.25, 0.3) is 5.76 Å². The van der Waals surface area contributed by atoms with Gasteiger partial charge in [0.1, 0.15) is 11.5 Å². The first-order valence-electron chi connectivity index (χ1n) is 11.2. The summed E-state index contributed by atoms with van der Waals surface area (Å²) in [5.74, 6) is -0.756. The van der Waals surface area contributed by atoms with E-state index in [0.29, 0.717) is 35.9 Å². The number of aliphatic hydroxyl groups excluding tert-OH is 1. The Morgan fingerprint density at radius 3 is 2.41 bits per heavy atom. The summed E-state index contributed by atoms with van der Waals surface area (Å²) in [5.41, 5.74) is 2.57. The molecule has 1 aliphatic heterocycles. The van der Waals surface area contributed by atoms with Crippen LogP contribution in [-0.4, -0.2) is 34.8 Å². The average Bonchev–Trinajstić information content (AvgIpc) is 3.37. The number of aliphatic hydroxyl groups is 1. The molecule has 176 valence electrons. The van der Waals surface area contributed by atoms with Gasteiger partial charge >= 0.3 is 0 Å². The third-order valence-corrected chi connectivity index (χ3v) is 7.17. The van der Waals surface area contributed by atoms with Gasteiger partial charge in [-0.1, -0.05) is 30.7 Å². The Balaban J connectivity index is 1.70. The van der Waals surface area contributed by atoms with Gasteiger partial charge < -0.3 is 14.7 Å². The number of hydrogen-bond acceptors (Lipinski definition) is 5. The fraction of sp³-hybridized carbons (Fsp3) is 0.259. The van der Waals surface area contributed by atoms with E-state index in [1.54, 1.807) is 41.3 Å². The molecule has 1 atom stereocenters. The first-order chi connectivity index (χ1) is 16.4. The molecule has 7 heteroatoms. The van der Waals surface area contributed by atoms with Crippen LogP contribution in [0.2, 0.25) is 5.02 Å². The van der Waals surface area contributed by atoms with E-state index in [9.17, 15) is 14.7 Å². The predicted molar refractivity (Wildman–Crippen MR) is 135 cm³/mol. The largest absolute Gasteiger partial charge is 0.507 e. The summed E-state index contributed by atoms with van der Waals surface area (Å²) in [6.07, 6.45) is 1.45. The molecular formula is C27H26ClNO4S. The van der Waals surface area contributed by atoms with Gasteiger partial charge in [-0.15, -0.1) is 11.3 Å². The molecule has 34 heavy (non-hydrogen) atoms. The second kappa shape index (κ2) is 10.5. The molecule has 0 bridgehead atoms. The number of likely N-dealkylation sites (tertiary alicyclic amines) is 1. The van der Waals surface area contributed by atoms with Gasteiger partial charge in [-0.2, -0.15) is 0 Å². The van der Waals surface area contributed by atoms with Gasteiger partial charge in [-0.3, -0.25) is 9.59 Å². The van der Waals surface area contributed by atoms with Crippen LogP contribution < -0.4 is 4.74 Å². The number of Topliss-reactive ketones (excluding diaryl/α,β-unsaturated/α-hetero) is 1. The van der Waals surface area contributed by atoms with Crippen molar-refractivity contribution in [3.05, 3.63) is 92.1 Å². The highest BCUT2D eigenvalue weighted by Gasteiger charge is 2.46. The molecule has 0 aliphatic carbocycles. The molecule has 1 fully saturated rings. The summed E-state index contributed by atoms with van der Waals surface area (Å²) < 4.78 is 5.61. The Kier molecular flexibility index (Phi) is 7.39. The average molecular weight is 496 g/mol. The minimum absolute atomic E-state index is 0.119. The second-order valence-corrected chi connectivity index (χ2v) is 9.59. The lowest BCUT2D eigenvalue weighted by molar-refractivity contribution is -0.139.